The van der Waals surface area contributed by atoms with Crippen LogP contribution in [-0.2, 0) is 0 Å². The first kappa shape index (κ1) is 24.1. The van der Waals surface area contributed by atoms with Crippen molar-refractivity contribution in [2.24, 2.45) is 0 Å². The second-order valence-electron chi connectivity index (χ2n) is 8.45. The molecule has 1 nitrogen and oxygen atoms in total. The van der Waals surface area contributed by atoms with Crippen molar-refractivity contribution in [3.8, 4) is 0 Å². The molecule has 0 fully saturated rings. The van der Waals surface area contributed by atoms with Crippen molar-refractivity contribution in [3.63, 3.8) is 0 Å². The fraction of sp³-hybridized carbons (Fsp3) is 0.593. The van der Waals surface area contributed by atoms with E-state index in [1.807, 2.05) is 18.2 Å². The Bertz CT molecular complexity index is 722. The Balaban J connectivity index is 1.50. The lowest BCUT2D eigenvalue weighted by Crippen LogP contribution is -2.00. The van der Waals surface area contributed by atoms with Crippen LogP contribution in [0.3, 0.4) is 0 Å². The maximum absolute atomic E-state index is 12.6. The Morgan fingerprint density at radius 3 is 1.66 bits per heavy atom. The zero-order valence-electron chi connectivity index (χ0n) is 18.4. The van der Waals surface area contributed by atoms with Gasteiger partial charge in [-0.15, -0.1) is 0 Å². The predicted octanol–water partition coefficient (Wildman–Crippen LogP) is 9.66. The van der Waals surface area contributed by atoms with Crippen molar-refractivity contribution in [2.75, 3.05) is 0 Å². The van der Waals surface area contributed by atoms with Crippen LogP contribution in [0.25, 0.3) is 10.8 Å². The average Bonchev–Trinajstić information content (AvgIpc) is 2.73. The third-order valence-corrected chi connectivity index (χ3v) is 6.55. The van der Waals surface area contributed by atoms with Gasteiger partial charge in [0.25, 0.3) is 0 Å². The van der Waals surface area contributed by atoms with Crippen LogP contribution in [0, 0.1) is 0 Å². The summed E-state index contributed by atoms with van der Waals surface area (Å²) in [5, 5.41) is 2.31. The van der Waals surface area contributed by atoms with E-state index in [0.29, 0.717) is 6.42 Å². The molecular weight excluding hydrogens is 420 g/mol. The molecule has 0 aliphatic rings. The van der Waals surface area contributed by atoms with E-state index in [1.54, 1.807) is 0 Å². The van der Waals surface area contributed by atoms with E-state index < -0.39 is 0 Å². The fourth-order valence-electron chi connectivity index (χ4n) is 4.04. The molecule has 2 aromatic rings. The Labute approximate surface area is 186 Å². The van der Waals surface area contributed by atoms with Gasteiger partial charge in [0.05, 0.1) is 0 Å². The highest BCUT2D eigenvalue weighted by Gasteiger charge is 2.11. The lowest BCUT2D eigenvalue weighted by molar-refractivity contribution is 0.0978. The lowest BCUT2D eigenvalue weighted by atomic mass is 10.00. The van der Waals surface area contributed by atoms with Crippen molar-refractivity contribution in [1.82, 2.24) is 0 Å². The second-order valence-corrected chi connectivity index (χ2v) is 9.30. The van der Waals surface area contributed by atoms with Gasteiger partial charge >= 0.3 is 0 Å². The maximum Gasteiger partial charge on any atom is 0.164 e. The molecule has 0 saturated carbocycles. The van der Waals surface area contributed by atoms with Gasteiger partial charge in [-0.05, 0) is 29.3 Å². The maximum atomic E-state index is 12.6. The minimum atomic E-state index is 0.265. The summed E-state index contributed by atoms with van der Waals surface area (Å²) in [6, 6.07) is 12.3. The highest BCUT2D eigenvalue weighted by molar-refractivity contribution is 9.10. The van der Waals surface area contributed by atoms with E-state index in [0.717, 1.165) is 21.8 Å². The Kier molecular flexibility index (Phi) is 12.3. The van der Waals surface area contributed by atoms with Gasteiger partial charge in [-0.25, -0.2) is 0 Å². The number of rotatable bonds is 16. The van der Waals surface area contributed by atoms with Crippen LogP contribution in [0.2, 0.25) is 0 Å². The number of Topliss-reactive ketones (excluding diaryl/α,β-unsaturated/α-hetero) is 1. The summed E-state index contributed by atoms with van der Waals surface area (Å²) in [5.74, 6) is 0.265. The van der Waals surface area contributed by atoms with Crippen LogP contribution < -0.4 is 0 Å². The van der Waals surface area contributed by atoms with Crippen molar-refractivity contribution < 1.29 is 4.79 Å². The molecule has 0 bridgehead atoms. The van der Waals surface area contributed by atoms with Crippen LogP contribution >= 0.6 is 15.9 Å². The minimum absolute atomic E-state index is 0.265. The number of carbonyl (C=O) groups is 1. The summed E-state index contributed by atoms with van der Waals surface area (Å²) in [6.45, 7) is 2.28. The summed E-state index contributed by atoms with van der Waals surface area (Å²) in [6.07, 6.45) is 19.5. The molecule has 2 rings (SSSR count). The normalized spacial score (nSPS) is 11.2. The van der Waals surface area contributed by atoms with Crippen LogP contribution in [0.4, 0.5) is 0 Å². The molecule has 0 amide bonds. The lowest BCUT2D eigenvalue weighted by Gasteiger charge is -2.07. The highest BCUT2D eigenvalue weighted by atomic mass is 79.9. The average molecular weight is 460 g/mol. The first-order valence-electron chi connectivity index (χ1n) is 11.9. The summed E-state index contributed by atoms with van der Waals surface area (Å²) in [7, 11) is 0. The fourth-order valence-corrected chi connectivity index (χ4v) is 4.62. The van der Waals surface area contributed by atoms with E-state index >= 15 is 0 Å². The summed E-state index contributed by atoms with van der Waals surface area (Å²) in [5.41, 5.74) is 0.832. The number of ketones is 1. The molecule has 0 spiro atoms. The molecule has 0 atom stereocenters. The number of hydrogen-bond acceptors (Lipinski definition) is 1. The molecule has 160 valence electrons. The third-order valence-electron chi connectivity index (χ3n) is 5.89. The predicted molar refractivity (Wildman–Crippen MR) is 131 cm³/mol. The van der Waals surface area contributed by atoms with Crippen molar-refractivity contribution in [2.45, 2.75) is 103 Å². The topological polar surface area (TPSA) is 17.1 Å². The van der Waals surface area contributed by atoms with Gasteiger partial charge in [-0.2, -0.15) is 0 Å². The SMILES string of the molecule is CCCCCCCCCCCCCCCCC(=O)c1cc2ccccc2cc1Br. The molecule has 0 aliphatic heterocycles. The number of hydrogen-bond donors (Lipinski definition) is 0. The molecule has 29 heavy (non-hydrogen) atoms. The molecule has 0 N–H and O–H groups in total. The van der Waals surface area contributed by atoms with E-state index in [-0.39, 0.29) is 5.78 Å². The standard InChI is InChI=1S/C27H39BrO/c1-2-3-4-5-6-7-8-9-10-11-12-13-14-15-20-27(29)25-21-23-18-16-17-19-24(23)22-26(25)28/h16-19,21-22H,2-15,20H2,1H3. The number of unbranched alkanes of at least 4 members (excludes halogenated alkanes) is 13. The molecule has 2 aromatic carbocycles. The zero-order valence-corrected chi connectivity index (χ0v) is 19.9. The molecule has 0 aliphatic carbocycles. The quantitative estimate of drug-likeness (QED) is 0.180. The summed E-state index contributed by atoms with van der Waals surface area (Å²) >= 11 is 3.58. The molecule has 0 heterocycles. The first-order chi connectivity index (χ1) is 14.2. The number of fused-ring (bicyclic) bond motifs is 1. The zero-order chi connectivity index (χ0) is 20.7. The molecule has 0 aromatic heterocycles. The summed E-state index contributed by atoms with van der Waals surface area (Å²) < 4.78 is 0.923. The molecule has 0 saturated heterocycles. The molecule has 0 unspecified atom stereocenters. The van der Waals surface area contributed by atoms with Gasteiger partial charge in [0.1, 0.15) is 0 Å². The molecular formula is C27H39BrO. The minimum Gasteiger partial charge on any atom is -0.294 e. The number of benzene rings is 2. The van der Waals surface area contributed by atoms with Gasteiger partial charge in [-0.3, -0.25) is 4.79 Å². The largest absolute Gasteiger partial charge is 0.294 e. The van der Waals surface area contributed by atoms with Crippen LogP contribution in [0.15, 0.2) is 40.9 Å². The smallest absolute Gasteiger partial charge is 0.164 e. The van der Waals surface area contributed by atoms with Crippen LogP contribution in [0.1, 0.15) is 114 Å². The summed E-state index contributed by atoms with van der Waals surface area (Å²) in [4.78, 5) is 12.6. The number of halogens is 1. The van der Waals surface area contributed by atoms with E-state index in [1.165, 1.54) is 88.9 Å². The van der Waals surface area contributed by atoms with Crippen LogP contribution in [-0.4, -0.2) is 5.78 Å². The van der Waals surface area contributed by atoms with Crippen molar-refractivity contribution in [3.05, 3.63) is 46.4 Å². The van der Waals surface area contributed by atoms with Crippen molar-refractivity contribution >= 4 is 32.5 Å². The highest BCUT2D eigenvalue weighted by Crippen LogP contribution is 2.26. The Morgan fingerprint density at radius 2 is 1.14 bits per heavy atom. The Morgan fingerprint density at radius 1 is 0.690 bits per heavy atom. The Hall–Kier alpha value is -1.15. The number of carbonyl (C=O) groups excluding carboxylic acids is 1. The van der Waals surface area contributed by atoms with Gasteiger partial charge < -0.3 is 0 Å². The van der Waals surface area contributed by atoms with Gasteiger partial charge in [-0.1, -0.05) is 131 Å². The van der Waals surface area contributed by atoms with E-state index in [2.05, 4.69) is 41.1 Å². The second kappa shape index (κ2) is 14.8. The van der Waals surface area contributed by atoms with Crippen LogP contribution in [0.5, 0.6) is 0 Å². The molecule has 0 radical (unpaired) electrons. The monoisotopic (exact) mass is 458 g/mol. The first-order valence-corrected chi connectivity index (χ1v) is 12.7. The van der Waals surface area contributed by atoms with Crippen molar-refractivity contribution in [1.29, 1.82) is 0 Å². The van der Waals surface area contributed by atoms with Gasteiger partial charge in [0.2, 0.25) is 0 Å². The van der Waals surface area contributed by atoms with Gasteiger partial charge in [0, 0.05) is 16.5 Å². The van der Waals surface area contributed by atoms with Gasteiger partial charge in [0.15, 0.2) is 5.78 Å². The van der Waals surface area contributed by atoms with E-state index in [9.17, 15) is 4.79 Å². The third kappa shape index (κ3) is 9.47. The van der Waals surface area contributed by atoms with E-state index in [4.69, 9.17) is 0 Å². The molecule has 2 heteroatoms.